The molecule has 0 saturated carbocycles. The second-order valence-electron chi connectivity index (χ2n) is 6.22. The van der Waals surface area contributed by atoms with Gasteiger partial charge in [-0.2, -0.15) is 0 Å². The zero-order valence-corrected chi connectivity index (χ0v) is 12.4. The van der Waals surface area contributed by atoms with E-state index < -0.39 is 0 Å². The van der Waals surface area contributed by atoms with E-state index in [9.17, 15) is 4.79 Å². The van der Waals surface area contributed by atoms with Gasteiger partial charge in [0.1, 0.15) is 12.4 Å². The molecule has 0 bridgehead atoms. The Balaban J connectivity index is 1.82. The van der Waals surface area contributed by atoms with Gasteiger partial charge in [-0.25, -0.2) is 0 Å². The first-order valence-electron chi connectivity index (χ1n) is 7.22. The molecule has 0 spiro atoms. The predicted molar refractivity (Wildman–Crippen MR) is 80.6 cm³/mol. The summed E-state index contributed by atoms with van der Waals surface area (Å²) in [6.07, 6.45) is 2.67. The minimum absolute atomic E-state index is 0.242. The monoisotopic (exact) mass is 276 g/mol. The Morgan fingerprint density at radius 3 is 2.90 bits per heavy atom. The summed E-state index contributed by atoms with van der Waals surface area (Å²) in [4.78, 5) is 14.0. The maximum Gasteiger partial charge on any atom is 0.222 e. The van der Waals surface area contributed by atoms with Crippen molar-refractivity contribution in [3.05, 3.63) is 24.3 Å². The molecule has 4 heteroatoms. The largest absolute Gasteiger partial charge is 0.492 e. The normalized spacial score (nSPS) is 18.7. The van der Waals surface area contributed by atoms with E-state index in [0.29, 0.717) is 25.3 Å². The van der Waals surface area contributed by atoms with Crippen LogP contribution in [0, 0.1) is 5.41 Å². The molecular formula is C16H24N2O2. The molecule has 20 heavy (non-hydrogen) atoms. The third-order valence-electron chi connectivity index (χ3n) is 3.91. The molecule has 1 heterocycles. The summed E-state index contributed by atoms with van der Waals surface area (Å²) in [5.74, 6) is 0.999. The smallest absolute Gasteiger partial charge is 0.222 e. The molecule has 110 valence electrons. The van der Waals surface area contributed by atoms with Gasteiger partial charge in [-0.05, 0) is 30.4 Å². The van der Waals surface area contributed by atoms with Crippen molar-refractivity contribution < 1.29 is 9.53 Å². The van der Waals surface area contributed by atoms with Gasteiger partial charge < -0.3 is 15.4 Å². The van der Waals surface area contributed by atoms with Crippen molar-refractivity contribution in [2.24, 2.45) is 5.41 Å². The van der Waals surface area contributed by atoms with Gasteiger partial charge in [0.15, 0.2) is 0 Å². The van der Waals surface area contributed by atoms with Gasteiger partial charge in [0, 0.05) is 24.7 Å². The number of benzene rings is 1. The fourth-order valence-corrected chi connectivity index (χ4v) is 2.41. The number of carbonyl (C=O) groups is 1. The van der Waals surface area contributed by atoms with Crippen molar-refractivity contribution in [1.82, 2.24) is 4.90 Å². The Hall–Kier alpha value is -1.71. The zero-order valence-electron chi connectivity index (χ0n) is 12.4. The van der Waals surface area contributed by atoms with Crippen LogP contribution in [0.2, 0.25) is 0 Å². The molecule has 1 fully saturated rings. The highest BCUT2D eigenvalue weighted by Gasteiger charge is 2.27. The number of ether oxygens (including phenoxy) is 1. The van der Waals surface area contributed by atoms with Gasteiger partial charge in [0.25, 0.3) is 0 Å². The molecule has 0 aliphatic carbocycles. The minimum atomic E-state index is 0.242. The summed E-state index contributed by atoms with van der Waals surface area (Å²) in [5.41, 5.74) is 6.65. The van der Waals surface area contributed by atoms with Crippen LogP contribution in [0.3, 0.4) is 0 Å². The lowest BCUT2D eigenvalue weighted by atomic mass is 9.85. The molecule has 4 nitrogen and oxygen atoms in total. The fraction of sp³-hybridized carbons (Fsp3) is 0.562. The van der Waals surface area contributed by atoms with E-state index in [0.717, 1.165) is 25.1 Å². The number of nitrogen functional groups attached to an aromatic ring is 1. The SMILES string of the molecule is CC1(C)CCC(=O)N(CCOc2cccc(N)c2)CC1. The number of hydrogen-bond acceptors (Lipinski definition) is 3. The summed E-state index contributed by atoms with van der Waals surface area (Å²) in [5, 5.41) is 0. The van der Waals surface area contributed by atoms with Crippen LogP contribution in [0.4, 0.5) is 5.69 Å². The number of anilines is 1. The Morgan fingerprint density at radius 2 is 2.15 bits per heavy atom. The Bertz CT molecular complexity index is 471. The second kappa shape index (κ2) is 6.16. The lowest BCUT2D eigenvalue weighted by Crippen LogP contribution is -2.34. The number of likely N-dealkylation sites (tertiary alicyclic amines) is 1. The molecule has 1 aromatic rings. The molecule has 1 amide bonds. The molecule has 0 unspecified atom stereocenters. The molecule has 1 saturated heterocycles. The van der Waals surface area contributed by atoms with Crippen LogP contribution in [-0.2, 0) is 4.79 Å². The highest BCUT2D eigenvalue weighted by Crippen LogP contribution is 2.30. The standard InChI is InChI=1S/C16H24N2O2/c1-16(2)7-6-15(19)18(9-8-16)10-11-20-14-5-3-4-13(17)12-14/h3-5,12H,6-11,17H2,1-2H3. The van der Waals surface area contributed by atoms with Crippen LogP contribution >= 0.6 is 0 Å². The van der Waals surface area contributed by atoms with E-state index in [1.807, 2.05) is 23.1 Å². The summed E-state index contributed by atoms with van der Waals surface area (Å²) in [7, 11) is 0. The maximum absolute atomic E-state index is 12.0. The maximum atomic E-state index is 12.0. The molecule has 0 aromatic heterocycles. The lowest BCUT2D eigenvalue weighted by Gasteiger charge is -2.23. The quantitative estimate of drug-likeness (QED) is 0.860. The van der Waals surface area contributed by atoms with Crippen LogP contribution in [0.1, 0.15) is 33.1 Å². The van der Waals surface area contributed by atoms with Crippen molar-refractivity contribution in [2.45, 2.75) is 33.1 Å². The van der Waals surface area contributed by atoms with E-state index >= 15 is 0 Å². The number of amides is 1. The van der Waals surface area contributed by atoms with Crippen molar-refractivity contribution in [2.75, 3.05) is 25.4 Å². The fourth-order valence-electron chi connectivity index (χ4n) is 2.41. The molecule has 2 N–H and O–H groups in total. The first-order valence-corrected chi connectivity index (χ1v) is 7.22. The van der Waals surface area contributed by atoms with Crippen LogP contribution < -0.4 is 10.5 Å². The molecule has 0 atom stereocenters. The summed E-state index contributed by atoms with van der Waals surface area (Å²) in [6.45, 7) is 6.44. The number of carbonyl (C=O) groups excluding carboxylic acids is 1. The van der Waals surface area contributed by atoms with E-state index in [1.54, 1.807) is 6.07 Å². The molecule has 0 radical (unpaired) electrons. The molecular weight excluding hydrogens is 252 g/mol. The van der Waals surface area contributed by atoms with Crippen molar-refractivity contribution in [3.8, 4) is 5.75 Å². The van der Waals surface area contributed by atoms with Gasteiger partial charge in [0.2, 0.25) is 5.91 Å². The summed E-state index contributed by atoms with van der Waals surface area (Å²) < 4.78 is 5.66. The van der Waals surface area contributed by atoms with Crippen LogP contribution in [0.15, 0.2) is 24.3 Å². The first kappa shape index (κ1) is 14.7. The summed E-state index contributed by atoms with van der Waals surface area (Å²) in [6, 6.07) is 7.37. The number of nitrogens with zero attached hydrogens (tertiary/aromatic N) is 1. The minimum Gasteiger partial charge on any atom is -0.492 e. The Morgan fingerprint density at radius 1 is 1.35 bits per heavy atom. The van der Waals surface area contributed by atoms with Gasteiger partial charge in [-0.3, -0.25) is 4.79 Å². The van der Waals surface area contributed by atoms with Crippen molar-refractivity contribution in [3.63, 3.8) is 0 Å². The Labute approximate surface area is 120 Å². The molecule has 2 rings (SSSR count). The molecule has 1 aromatic carbocycles. The van der Waals surface area contributed by atoms with Crippen molar-refractivity contribution in [1.29, 1.82) is 0 Å². The molecule has 1 aliphatic rings. The van der Waals surface area contributed by atoms with Crippen LogP contribution in [0.5, 0.6) is 5.75 Å². The van der Waals surface area contributed by atoms with Crippen LogP contribution in [-0.4, -0.2) is 30.5 Å². The van der Waals surface area contributed by atoms with E-state index in [2.05, 4.69) is 13.8 Å². The van der Waals surface area contributed by atoms with E-state index in [1.165, 1.54) is 0 Å². The van der Waals surface area contributed by atoms with Gasteiger partial charge in [-0.15, -0.1) is 0 Å². The lowest BCUT2D eigenvalue weighted by molar-refractivity contribution is -0.131. The highest BCUT2D eigenvalue weighted by molar-refractivity contribution is 5.76. The van der Waals surface area contributed by atoms with Gasteiger partial charge in [0.05, 0.1) is 6.54 Å². The average molecular weight is 276 g/mol. The second-order valence-corrected chi connectivity index (χ2v) is 6.22. The summed E-state index contributed by atoms with van der Waals surface area (Å²) >= 11 is 0. The third kappa shape index (κ3) is 4.15. The number of hydrogen-bond donors (Lipinski definition) is 1. The molecule has 1 aliphatic heterocycles. The van der Waals surface area contributed by atoms with Crippen molar-refractivity contribution >= 4 is 11.6 Å². The van der Waals surface area contributed by atoms with Gasteiger partial charge >= 0.3 is 0 Å². The average Bonchev–Trinajstić information content (AvgIpc) is 2.51. The predicted octanol–water partition coefficient (Wildman–Crippen LogP) is 2.69. The van der Waals surface area contributed by atoms with E-state index in [-0.39, 0.29) is 11.3 Å². The number of rotatable bonds is 4. The highest BCUT2D eigenvalue weighted by atomic mass is 16.5. The topological polar surface area (TPSA) is 55.6 Å². The third-order valence-corrected chi connectivity index (χ3v) is 3.91. The zero-order chi connectivity index (χ0) is 14.6. The van der Waals surface area contributed by atoms with E-state index in [4.69, 9.17) is 10.5 Å². The van der Waals surface area contributed by atoms with Gasteiger partial charge in [-0.1, -0.05) is 19.9 Å². The number of nitrogens with two attached hydrogens (primary N) is 1. The first-order chi connectivity index (χ1) is 9.46. The van der Waals surface area contributed by atoms with Crippen LogP contribution in [0.25, 0.3) is 0 Å². The Kier molecular flexibility index (Phi) is 4.53.